The van der Waals surface area contributed by atoms with Gasteiger partial charge < -0.3 is 10.6 Å². The van der Waals surface area contributed by atoms with Crippen molar-refractivity contribution in [2.75, 3.05) is 7.05 Å². The van der Waals surface area contributed by atoms with Crippen LogP contribution >= 0.6 is 0 Å². The lowest BCUT2D eigenvalue weighted by atomic mass is 10.0. The summed E-state index contributed by atoms with van der Waals surface area (Å²) in [5.41, 5.74) is 2.20. The minimum Gasteiger partial charge on any atom is -0.350 e. The highest BCUT2D eigenvalue weighted by atomic mass is 32.2. The largest absolute Gasteiger partial charge is 0.350 e. The van der Waals surface area contributed by atoms with Crippen LogP contribution in [0.1, 0.15) is 30.5 Å². The molecule has 3 N–H and O–H groups in total. The van der Waals surface area contributed by atoms with Crippen molar-refractivity contribution in [1.82, 2.24) is 15.4 Å². The number of sulfonamides is 1. The van der Waals surface area contributed by atoms with E-state index in [0.717, 1.165) is 5.56 Å². The van der Waals surface area contributed by atoms with Crippen LogP contribution in [0.5, 0.6) is 0 Å². The summed E-state index contributed by atoms with van der Waals surface area (Å²) in [5, 5.41) is 5.63. The Hall–Kier alpha value is -2.71. The Bertz CT molecular complexity index is 959. The van der Waals surface area contributed by atoms with Gasteiger partial charge in [0.15, 0.2) is 0 Å². The van der Waals surface area contributed by atoms with E-state index in [4.69, 9.17) is 0 Å². The highest BCUT2D eigenvalue weighted by Crippen LogP contribution is 2.12. The Morgan fingerprint density at radius 1 is 0.933 bits per heavy atom. The van der Waals surface area contributed by atoms with Crippen LogP contribution in [0.3, 0.4) is 0 Å². The number of hydrogen-bond donors (Lipinski definition) is 3. The van der Waals surface area contributed by atoms with Gasteiger partial charge in [-0.25, -0.2) is 13.1 Å². The second-order valence-corrected chi connectivity index (χ2v) is 9.33. The van der Waals surface area contributed by atoms with Crippen LogP contribution in [0, 0.1) is 5.92 Å². The zero-order valence-corrected chi connectivity index (χ0v) is 18.3. The molecule has 0 fully saturated rings. The van der Waals surface area contributed by atoms with Gasteiger partial charge in [0.05, 0.1) is 12.2 Å². The molecule has 0 saturated heterocycles. The molecule has 2 aromatic rings. The molecule has 0 spiro atoms. The number of amides is 2. The van der Waals surface area contributed by atoms with Gasteiger partial charge in [-0.05, 0) is 29.7 Å². The first-order valence-electron chi connectivity index (χ1n) is 9.81. The van der Waals surface area contributed by atoms with Gasteiger partial charge in [0, 0.05) is 6.54 Å². The Kier molecular flexibility index (Phi) is 8.56. The van der Waals surface area contributed by atoms with E-state index >= 15 is 0 Å². The molecular weight excluding hydrogens is 402 g/mol. The molecule has 7 nitrogen and oxygen atoms in total. The summed E-state index contributed by atoms with van der Waals surface area (Å²) in [7, 11) is -2.06. The average Bonchev–Trinajstić information content (AvgIpc) is 2.71. The molecule has 0 aromatic heterocycles. The molecule has 0 aliphatic heterocycles. The topological polar surface area (TPSA) is 104 Å². The summed E-state index contributed by atoms with van der Waals surface area (Å²) in [6.45, 7) is 3.90. The van der Waals surface area contributed by atoms with Crippen molar-refractivity contribution in [3.05, 3.63) is 71.3 Å². The first kappa shape index (κ1) is 23.6. The smallest absolute Gasteiger partial charge is 0.243 e. The van der Waals surface area contributed by atoms with Crippen molar-refractivity contribution < 1.29 is 18.0 Å². The zero-order chi connectivity index (χ0) is 22.1. The fourth-order valence-electron chi connectivity index (χ4n) is 2.98. The standard InChI is InChI=1S/C22H29N3O4S/c1-16(2)21(25-20(26)13-17-9-5-4-6-10-17)22(27)24-14-18-11-7-8-12-19(18)15-30(28,29)23-3/h4-12,16,21,23H,13-15H2,1-3H3,(H,24,27)(H,25,26)/t21-/m0/s1. The van der Waals surface area contributed by atoms with Gasteiger partial charge in [-0.2, -0.15) is 0 Å². The molecule has 0 aliphatic rings. The van der Waals surface area contributed by atoms with E-state index in [1.807, 2.05) is 44.2 Å². The average molecular weight is 432 g/mol. The molecule has 1 atom stereocenters. The van der Waals surface area contributed by atoms with E-state index < -0.39 is 16.1 Å². The molecule has 0 saturated carbocycles. The van der Waals surface area contributed by atoms with Crippen molar-refractivity contribution in [1.29, 1.82) is 0 Å². The van der Waals surface area contributed by atoms with Crippen LogP contribution in [0.15, 0.2) is 54.6 Å². The number of rotatable bonds is 10. The van der Waals surface area contributed by atoms with Crippen LogP contribution in [0.4, 0.5) is 0 Å². The first-order chi connectivity index (χ1) is 14.2. The molecule has 2 aromatic carbocycles. The number of hydrogen-bond acceptors (Lipinski definition) is 4. The van der Waals surface area contributed by atoms with E-state index in [2.05, 4.69) is 15.4 Å². The molecule has 8 heteroatoms. The highest BCUT2D eigenvalue weighted by Gasteiger charge is 2.24. The maximum Gasteiger partial charge on any atom is 0.243 e. The van der Waals surface area contributed by atoms with Crippen LogP contribution < -0.4 is 15.4 Å². The van der Waals surface area contributed by atoms with Crippen molar-refractivity contribution >= 4 is 21.8 Å². The van der Waals surface area contributed by atoms with E-state index in [1.165, 1.54) is 7.05 Å². The summed E-state index contributed by atoms with van der Waals surface area (Å²) < 4.78 is 26.1. The maximum atomic E-state index is 12.7. The first-order valence-corrected chi connectivity index (χ1v) is 11.5. The molecule has 162 valence electrons. The van der Waals surface area contributed by atoms with Crippen LogP contribution in [-0.2, 0) is 38.3 Å². The lowest BCUT2D eigenvalue weighted by molar-refractivity contribution is -0.129. The molecule has 0 aliphatic carbocycles. The molecule has 0 unspecified atom stereocenters. The molecule has 30 heavy (non-hydrogen) atoms. The highest BCUT2D eigenvalue weighted by molar-refractivity contribution is 7.88. The summed E-state index contributed by atoms with van der Waals surface area (Å²) in [6, 6.07) is 15.7. The second kappa shape index (κ2) is 10.9. The Balaban J connectivity index is 2.01. The van der Waals surface area contributed by atoms with Gasteiger partial charge in [0.2, 0.25) is 21.8 Å². The minimum absolute atomic E-state index is 0.107. The SMILES string of the molecule is CNS(=O)(=O)Cc1ccccc1CNC(=O)[C@@H](NC(=O)Cc1ccccc1)C(C)C. The minimum atomic E-state index is -3.43. The summed E-state index contributed by atoms with van der Waals surface area (Å²) in [4.78, 5) is 25.1. The normalized spacial score (nSPS) is 12.4. The van der Waals surface area contributed by atoms with Crippen molar-refractivity contribution in [3.63, 3.8) is 0 Å². The number of carbonyl (C=O) groups excluding carboxylic acids is 2. The summed E-state index contributed by atoms with van der Waals surface area (Å²) in [6.07, 6.45) is 0.196. The number of nitrogens with one attached hydrogen (secondary N) is 3. The van der Waals surface area contributed by atoms with Gasteiger partial charge in [-0.15, -0.1) is 0 Å². The molecular formula is C22H29N3O4S. The van der Waals surface area contributed by atoms with Gasteiger partial charge in [0.25, 0.3) is 0 Å². The Morgan fingerprint density at radius 3 is 2.13 bits per heavy atom. The van der Waals surface area contributed by atoms with Gasteiger partial charge in [-0.1, -0.05) is 68.4 Å². The molecule has 0 heterocycles. The lowest BCUT2D eigenvalue weighted by Crippen LogP contribution is -2.50. The third-order valence-electron chi connectivity index (χ3n) is 4.70. The molecule has 0 bridgehead atoms. The monoisotopic (exact) mass is 431 g/mol. The van der Waals surface area contributed by atoms with E-state index in [-0.39, 0.29) is 36.5 Å². The summed E-state index contributed by atoms with van der Waals surface area (Å²) in [5.74, 6) is -0.811. The van der Waals surface area contributed by atoms with Gasteiger partial charge in [-0.3, -0.25) is 9.59 Å². The fourth-order valence-corrected chi connectivity index (χ4v) is 3.82. The van der Waals surface area contributed by atoms with Crippen LogP contribution in [0.2, 0.25) is 0 Å². The van der Waals surface area contributed by atoms with Gasteiger partial charge >= 0.3 is 0 Å². The fraction of sp³-hybridized carbons (Fsp3) is 0.364. The number of benzene rings is 2. The maximum absolute atomic E-state index is 12.7. The molecule has 2 rings (SSSR count). The van der Waals surface area contributed by atoms with E-state index in [0.29, 0.717) is 11.1 Å². The van der Waals surface area contributed by atoms with Crippen molar-refractivity contribution in [3.8, 4) is 0 Å². The van der Waals surface area contributed by atoms with Crippen LogP contribution in [0.25, 0.3) is 0 Å². The third kappa shape index (κ3) is 7.27. The number of carbonyl (C=O) groups is 2. The van der Waals surface area contributed by atoms with Crippen LogP contribution in [-0.4, -0.2) is 33.3 Å². The second-order valence-electron chi connectivity index (χ2n) is 7.40. The van der Waals surface area contributed by atoms with Crippen molar-refractivity contribution in [2.24, 2.45) is 5.92 Å². The molecule has 0 radical (unpaired) electrons. The van der Waals surface area contributed by atoms with E-state index in [9.17, 15) is 18.0 Å². The third-order valence-corrected chi connectivity index (χ3v) is 6.01. The zero-order valence-electron chi connectivity index (χ0n) is 17.5. The predicted octanol–water partition coefficient (Wildman–Crippen LogP) is 1.74. The predicted molar refractivity (Wildman–Crippen MR) is 117 cm³/mol. The molecule has 2 amide bonds. The quantitative estimate of drug-likeness (QED) is 0.533. The Morgan fingerprint density at radius 2 is 1.53 bits per heavy atom. The van der Waals surface area contributed by atoms with E-state index in [1.54, 1.807) is 24.3 Å². The summed E-state index contributed by atoms with van der Waals surface area (Å²) >= 11 is 0. The van der Waals surface area contributed by atoms with Crippen molar-refractivity contribution in [2.45, 2.75) is 38.6 Å². The Labute approximate surface area is 178 Å². The lowest BCUT2D eigenvalue weighted by Gasteiger charge is -2.22. The van der Waals surface area contributed by atoms with Gasteiger partial charge in [0.1, 0.15) is 6.04 Å².